The molecule has 0 fully saturated rings. The number of thiophene rings is 1. The lowest BCUT2D eigenvalue weighted by Crippen LogP contribution is -2.22. The van der Waals surface area contributed by atoms with Crippen LogP contribution in [0.1, 0.15) is 35.8 Å². The molecule has 8 heteroatoms. The van der Waals surface area contributed by atoms with Crippen molar-refractivity contribution >= 4 is 50.7 Å². The lowest BCUT2D eigenvalue weighted by Gasteiger charge is -2.12. The fraction of sp³-hybridized carbons (Fsp3) is 0.318. The molecule has 0 saturated carbocycles. The molecule has 1 aliphatic carbocycles. The number of rotatable bonds is 4. The van der Waals surface area contributed by atoms with Crippen LogP contribution >= 0.6 is 34.7 Å². The maximum Gasteiger partial charge on any atom is 0.268 e. The van der Waals surface area contributed by atoms with Gasteiger partial charge in [-0.2, -0.15) is 0 Å². The van der Waals surface area contributed by atoms with Crippen molar-refractivity contribution in [2.75, 3.05) is 5.75 Å². The fourth-order valence-electron chi connectivity index (χ4n) is 4.04. The van der Waals surface area contributed by atoms with Crippen molar-refractivity contribution in [1.82, 2.24) is 19.2 Å². The van der Waals surface area contributed by atoms with Gasteiger partial charge in [-0.1, -0.05) is 41.6 Å². The van der Waals surface area contributed by atoms with Gasteiger partial charge in [0, 0.05) is 15.7 Å². The predicted octanol–water partition coefficient (Wildman–Crippen LogP) is 5.52. The molecule has 3 aromatic heterocycles. The highest BCUT2D eigenvalue weighted by molar-refractivity contribution is 7.99. The van der Waals surface area contributed by atoms with E-state index in [0.717, 1.165) is 50.9 Å². The van der Waals surface area contributed by atoms with Gasteiger partial charge in [-0.05, 0) is 62.8 Å². The summed E-state index contributed by atoms with van der Waals surface area (Å²) in [6.45, 7) is 3.90. The Hall–Kier alpha value is -2.09. The van der Waals surface area contributed by atoms with Gasteiger partial charge in [-0.3, -0.25) is 4.79 Å². The molecule has 154 valence electrons. The molecule has 0 unspecified atom stereocenters. The first-order valence-electron chi connectivity index (χ1n) is 10.0. The third-order valence-electron chi connectivity index (χ3n) is 5.43. The average Bonchev–Trinajstić information content (AvgIpc) is 3.29. The van der Waals surface area contributed by atoms with E-state index in [1.807, 2.05) is 44.2 Å². The topological polar surface area (TPSA) is 52.2 Å². The fourth-order valence-corrected chi connectivity index (χ4v) is 6.53. The van der Waals surface area contributed by atoms with E-state index >= 15 is 0 Å². The summed E-state index contributed by atoms with van der Waals surface area (Å²) < 4.78 is 3.78. The van der Waals surface area contributed by atoms with E-state index in [1.165, 1.54) is 16.9 Å². The van der Waals surface area contributed by atoms with Crippen molar-refractivity contribution in [3.05, 3.63) is 61.7 Å². The zero-order valence-corrected chi connectivity index (χ0v) is 19.2. The van der Waals surface area contributed by atoms with E-state index in [0.29, 0.717) is 11.5 Å². The van der Waals surface area contributed by atoms with E-state index in [4.69, 9.17) is 11.6 Å². The second-order valence-corrected chi connectivity index (χ2v) is 10.3. The van der Waals surface area contributed by atoms with Crippen LogP contribution in [-0.4, -0.2) is 24.9 Å². The van der Waals surface area contributed by atoms with Gasteiger partial charge in [0.15, 0.2) is 5.16 Å². The zero-order valence-electron chi connectivity index (χ0n) is 16.8. The van der Waals surface area contributed by atoms with Crippen LogP contribution in [0.3, 0.4) is 0 Å². The standard InChI is InChI=1S/C22H21ClN4OS2/c1-13-6-5-7-15(12-13)26-19(28)18-16-8-3-4-9-17(16)30-20(18)27-21(26)24-25-22(27)29-11-10-14(2)23/h5-7,10,12H,3-4,8-9,11H2,1-2H3. The lowest BCUT2D eigenvalue weighted by atomic mass is 9.97. The number of halogens is 1. The highest BCUT2D eigenvalue weighted by Gasteiger charge is 2.25. The first kappa shape index (κ1) is 19.8. The van der Waals surface area contributed by atoms with E-state index in [9.17, 15) is 4.79 Å². The SMILES string of the molecule is CC(Cl)=CCSc1nnc2n(-c3cccc(C)c3)c(=O)c3c4c(sc3n12)CCCC4. The molecule has 5 nitrogen and oxygen atoms in total. The van der Waals surface area contributed by atoms with Gasteiger partial charge in [-0.25, -0.2) is 8.97 Å². The van der Waals surface area contributed by atoms with Crippen LogP contribution in [0, 0.1) is 6.92 Å². The molecular formula is C22H21ClN4OS2. The molecule has 0 N–H and O–H groups in total. The number of allylic oxidation sites excluding steroid dienone is 1. The third kappa shape index (κ3) is 3.29. The van der Waals surface area contributed by atoms with Gasteiger partial charge in [0.25, 0.3) is 5.56 Å². The Labute approximate surface area is 187 Å². The number of thioether (sulfide) groups is 1. The average molecular weight is 457 g/mol. The van der Waals surface area contributed by atoms with E-state index in [1.54, 1.807) is 27.7 Å². The number of nitrogens with zero attached hydrogens (tertiary/aromatic N) is 4. The molecule has 5 rings (SSSR count). The monoisotopic (exact) mass is 456 g/mol. The summed E-state index contributed by atoms with van der Waals surface area (Å²) in [5, 5.41) is 11.3. The third-order valence-corrected chi connectivity index (χ3v) is 7.71. The van der Waals surface area contributed by atoms with Gasteiger partial charge in [0.2, 0.25) is 5.78 Å². The van der Waals surface area contributed by atoms with Crippen LogP contribution < -0.4 is 5.56 Å². The number of hydrogen-bond donors (Lipinski definition) is 0. The van der Waals surface area contributed by atoms with Gasteiger partial charge >= 0.3 is 0 Å². The first-order chi connectivity index (χ1) is 14.5. The van der Waals surface area contributed by atoms with Crippen molar-refractivity contribution in [1.29, 1.82) is 0 Å². The Kier molecular flexibility index (Phi) is 5.21. The molecule has 0 amide bonds. The second-order valence-electron chi connectivity index (χ2n) is 7.59. The van der Waals surface area contributed by atoms with Gasteiger partial charge in [0.05, 0.1) is 11.1 Å². The minimum absolute atomic E-state index is 0.00273. The summed E-state index contributed by atoms with van der Waals surface area (Å²) in [5.74, 6) is 1.26. The summed E-state index contributed by atoms with van der Waals surface area (Å²) in [6.07, 6.45) is 6.27. The molecule has 0 radical (unpaired) electrons. The van der Waals surface area contributed by atoms with Crippen LogP contribution in [0.2, 0.25) is 0 Å². The quantitative estimate of drug-likeness (QED) is 0.379. The van der Waals surface area contributed by atoms with Crippen LogP contribution in [0.25, 0.3) is 21.7 Å². The zero-order chi connectivity index (χ0) is 20.8. The summed E-state index contributed by atoms with van der Waals surface area (Å²) in [6, 6.07) is 7.98. The molecule has 0 aliphatic heterocycles. The maximum atomic E-state index is 13.8. The lowest BCUT2D eigenvalue weighted by molar-refractivity contribution is 0.699. The van der Waals surface area contributed by atoms with Crippen LogP contribution in [-0.2, 0) is 12.8 Å². The Bertz CT molecular complexity index is 1360. The Balaban J connectivity index is 1.84. The number of aromatic nitrogens is 4. The number of benzene rings is 1. The molecule has 4 aromatic rings. The minimum atomic E-state index is 0.00273. The van der Waals surface area contributed by atoms with Crippen molar-refractivity contribution in [2.24, 2.45) is 0 Å². The molecule has 0 saturated heterocycles. The van der Waals surface area contributed by atoms with Crippen LogP contribution in [0.4, 0.5) is 0 Å². The molecule has 30 heavy (non-hydrogen) atoms. The van der Waals surface area contributed by atoms with Crippen molar-refractivity contribution < 1.29 is 0 Å². The largest absolute Gasteiger partial charge is 0.268 e. The Morgan fingerprint density at radius 3 is 2.93 bits per heavy atom. The molecule has 3 heterocycles. The van der Waals surface area contributed by atoms with Gasteiger partial charge in [-0.15, -0.1) is 21.5 Å². The molecular weight excluding hydrogens is 436 g/mol. The summed E-state index contributed by atoms with van der Waals surface area (Å²) in [4.78, 5) is 16.0. The van der Waals surface area contributed by atoms with Gasteiger partial charge in [0.1, 0.15) is 4.83 Å². The molecule has 1 aromatic carbocycles. The van der Waals surface area contributed by atoms with Gasteiger partial charge < -0.3 is 0 Å². The summed E-state index contributed by atoms with van der Waals surface area (Å²) in [7, 11) is 0. The van der Waals surface area contributed by atoms with Crippen LogP contribution in [0.5, 0.6) is 0 Å². The Morgan fingerprint density at radius 1 is 1.30 bits per heavy atom. The first-order valence-corrected chi connectivity index (χ1v) is 12.2. The number of fused-ring (bicyclic) bond motifs is 5. The number of hydrogen-bond acceptors (Lipinski definition) is 5. The molecule has 0 spiro atoms. The van der Waals surface area contributed by atoms with Crippen LogP contribution in [0.15, 0.2) is 45.3 Å². The molecule has 0 atom stereocenters. The van der Waals surface area contributed by atoms with E-state index in [-0.39, 0.29) is 5.56 Å². The highest BCUT2D eigenvalue weighted by Crippen LogP contribution is 2.36. The van der Waals surface area contributed by atoms with Crippen molar-refractivity contribution in [3.8, 4) is 5.69 Å². The smallest absolute Gasteiger partial charge is 0.268 e. The van der Waals surface area contributed by atoms with Crippen molar-refractivity contribution in [2.45, 2.75) is 44.7 Å². The predicted molar refractivity (Wildman–Crippen MR) is 126 cm³/mol. The van der Waals surface area contributed by atoms with E-state index in [2.05, 4.69) is 14.6 Å². The second kappa shape index (κ2) is 7.87. The van der Waals surface area contributed by atoms with Crippen molar-refractivity contribution in [3.63, 3.8) is 0 Å². The minimum Gasteiger partial charge on any atom is -0.268 e. The highest BCUT2D eigenvalue weighted by atomic mass is 35.5. The van der Waals surface area contributed by atoms with E-state index < -0.39 is 0 Å². The Morgan fingerprint density at radius 2 is 2.13 bits per heavy atom. The summed E-state index contributed by atoms with van der Waals surface area (Å²) in [5.41, 5.74) is 3.14. The number of aryl methyl sites for hydroxylation is 3. The maximum absolute atomic E-state index is 13.8. The summed E-state index contributed by atoms with van der Waals surface area (Å²) >= 11 is 9.30. The molecule has 1 aliphatic rings. The normalized spacial score (nSPS) is 14.6. The molecule has 0 bridgehead atoms.